The van der Waals surface area contributed by atoms with Crippen molar-refractivity contribution in [3.63, 3.8) is 0 Å². The van der Waals surface area contributed by atoms with Crippen LogP contribution in [-0.2, 0) is 4.74 Å². The van der Waals surface area contributed by atoms with Crippen molar-refractivity contribution in [1.82, 2.24) is 10.6 Å². The monoisotopic (exact) mass is 327 g/mol. The molecule has 0 spiro atoms. The molecule has 1 fully saturated rings. The normalized spacial score (nSPS) is 18.8. The van der Waals surface area contributed by atoms with Gasteiger partial charge in [-0.3, -0.25) is 0 Å². The highest BCUT2D eigenvalue weighted by atomic mass is 19.2. The van der Waals surface area contributed by atoms with Crippen LogP contribution in [0.15, 0.2) is 18.2 Å². The van der Waals surface area contributed by atoms with Gasteiger partial charge in [0.1, 0.15) is 0 Å². The number of rotatable bonds is 6. The van der Waals surface area contributed by atoms with Gasteiger partial charge in [0, 0.05) is 38.5 Å². The van der Waals surface area contributed by atoms with E-state index in [0.29, 0.717) is 25.4 Å². The summed E-state index contributed by atoms with van der Waals surface area (Å²) in [6.45, 7) is 4.34. The summed E-state index contributed by atoms with van der Waals surface area (Å²) in [5, 5.41) is 5.62. The van der Waals surface area contributed by atoms with Crippen LogP contribution in [0.4, 0.5) is 19.3 Å². The quantitative estimate of drug-likeness (QED) is 0.841. The van der Waals surface area contributed by atoms with Crippen LogP contribution < -0.4 is 15.5 Å². The summed E-state index contributed by atoms with van der Waals surface area (Å²) in [7, 11) is 1.58. The number of carbonyl (C=O) groups excluding carboxylic acids is 1. The molecule has 1 saturated heterocycles. The standard InChI is InChI=1S/C16H23F2N3O2/c1-11(10-23-2)20-16(22)19-8-12-5-6-21(9-12)13-3-4-14(17)15(18)7-13/h3-4,7,11-12H,5-6,8-10H2,1-2H3,(H2,19,20,22). The first-order chi connectivity index (χ1) is 11.0. The lowest BCUT2D eigenvalue weighted by molar-refractivity contribution is 0.170. The Kier molecular flexibility index (Phi) is 6.15. The molecule has 23 heavy (non-hydrogen) atoms. The van der Waals surface area contributed by atoms with E-state index >= 15 is 0 Å². The number of urea groups is 1. The zero-order valence-electron chi connectivity index (χ0n) is 13.4. The summed E-state index contributed by atoms with van der Waals surface area (Å²) < 4.78 is 31.2. The van der Waals surface area contributed by atoms with Crippen LogP contribution in [0.25, 0.3) is 0 Å². The Hall–Kier alpha value is -1.89. The molecule has 1 aromatic rings. The van der Waals surface area contributed by atoms with Gasteiger partial charge in [-0.1, -0.05) is 0 Å². The fourth-order valence-corrected chi connectivity index (χ4v) is 2.72. The number of hydrogen-bond donors (Lipinski definition) is 2. The number of anilines is 1. The van der Waals surface area contributed by atoms with Crippen molar-refractivity contribution in [2.24, 2.45) is 5.92 Å². The third kappa shape index (κ3) is 5.06. The number of halogens is 2. The average Bonchev–Trinajstić information content (AvgIpc) is 2.97. The average molecular weight is 327 g/mol. The molecule has 0 radical (unpaired) electrons. The van der Waals surface area contributed by atoms with Crippen LogP contribution in [0.5, 0.6) is 0 Å². The van der Waals surface area contributed by atoms with Gasteiger partial charge in [-0.2, -0.15) is 0 Å². The number of benzene rings is 1. The first-order valence-corrected chi connectivity index (χ1v) is 7.73. The summed E-state index contributed by atoms with van der Waals surface area (Å²) in [5.41, 5.74) is 0.671. The molecule has 2 unspecified atom stereocenters. The fraction of sp³-hybridized carbons (Fsp3) is 0.562. The Labute approximate surface area is 135 Å². The van der Waals surface area contributed by atoms with Gasteiger partial charge in [-0.15, -0.1) is 0 Å². The second-order valence-corrected chi connectivity index (χ2v) is 5.91. The van der Waals surface area contributed by atoms with Crippen LogP contribution in [0.3, 0.4) is 0 Å². The van der Waals surface area contributed by atoms with Crippen molar-refractivity contribution in [3.8, 4) is 0 Å². The molecule has 1 heterocycles. The Morgan fingerprint density at radius 3 is 2.91 bits per heavy atom. The molecule has 0 saturated carbocycles. The van der Waals surface area contributed by atoms with Crippen LogP contribution in [0, 0.1) is 17.6 Å². The Morgan fingerprint density at radius 1 is 1.43 bits per heavy atom. The SMILES string of the molecule is COCC(C)NC(=O)NCC1CCN(c2ccc(F)c(F)c2)C1. The molecule has 0 aliphatic carbocycles. The van der Waals surface area contributed by atoms with E-state index in [9.17, 15) is 13.6 Å². The molecule has 2 N–H and O–H groups in total. The smallest absolute Gasteiger partial charge is 0.315 e. The largest absolute Gasteiger partial charge is 0.383 e. The molecule has 0 aromatic heterocycles. The summed E-state index contributed by atoms with van der Waals surface area (Å²) in [6.07, 6.45) is 0.896. The van der Waals surface area contributed by atoms with Gasteiger partial charge >= 0.3 is 6.03 Å². The van der Waals surface area contributed by atoms with Crippen molar-refractivity contribution in [3.05, 3.63) is 29.8 Å². The molecule has 5 nitrogen and oxygen atoms in total. The highest BCUT2D eigenvalue weighted by Crippen LogP contribution is 2.24. The van der Waals surface area contributed by atoms with E-state index in [1.165, 1.54) is 6.07 Å². The number of hydrogen-bond acceptors (Lipinski definition) is 3. The van der Waals surface area contributed by atoms with Gasteiger partial charge in [-0.05, 0) is 31.4 Å². The minimum atomic E-state index is -0.840. The number of ether oxygens (including phenoxy) is 1. The van der Waals surface area contributed by atoms with Gasteiger partial charge < -0.3 is 20.3 Å². The molecule has 7 heteroatoms. The maximum Gasteiger partial charge on any atom is 0.315 e. The highest BCUT2D eigenvalue weighted by Gasteiger charge is 2.23. The molecule has 1 aliphatic heterocycles. The predicted molar refractivity (Wildman–Crippen MR) is 84.6 cm³/mol. The molecule has 0 bridgehead atoms. The van der Waals surface area contributed by atoms with Crippen molar-refractivity contribution in [1.29, 1.82) is 0 Å². The minimum Gasteiger partial charge on any atom is -0.383 e. The minimum absolute atomic E-state index is 0.0535. The van der Waals surface area contributed by atoms with E-state index in [4.69, 9.17) is 4.74 Å². The molecule has 1 aliphatic rings. The van der Waals surface area contributed by atoms with Crippen LogP contribution in [0.1, 0.15) is 13.3 Å². The van der Waals surface area contributed by atoms with E-state index < -0.39 is 11.6 Å². The topological polar surface area (TPSA) is 53.6 Å². The van der Waals surface area contributed by atoms with E-state index in [1.54, 1.807) is 13.2 Å². The number of methoxy groups -OCH3 is 1. The van der Waals surface area contributed by atoms with Gasteiger partial charge in [0.2, 0.25) is 0 Å². The maximum atomic E-state index is 13.3. The molecular formula is C16H23F2N3O2. The first-order valence-electron chi connectivity index (χ1n) is 7.73. The summed E-state index contributed by atoms with van der Waals surface area (Å²) in [4.78, 5) is 13.7. The van der Waals surface area contributed by atoms with Crippen molar-refractivity contribution >= 4 is 11.7 Å². The molecule has 1 aromatic carbocycles. The number of amides is 2. The summed E-state index contributed by atoms with van der Waals surface area (Å²) >= 11 is 0. The van der Waals surface area contributed by atoms with Crippen molar-refractivity contribution in [2.45, 2.75) is 19.4 Å². The highest BCUT2D eigenvalue weighted by molar-refractivity contribution is 5.74. The van der Waals surface area contributed by atoms with Gasteiger partial charge in [0.25, 0.3) is 0 Å². The molecule has 2 amide bonds. The fourth-order valence-electron chi connectivity index (χ4n) is 2.72. The van der Waals surface area contributed by atoms with E-state index in [-0.39, 0.29) is 18.0 Å². The Balaban J connectivity index is 1.77. The van der Waals surface area contributed by atoms with Crippen molar-refractivity contribution < 1.29 is 18.3 Å². The van der Waals surface area contributed by atoms with Gasteiger partial charge in [0.15, 0.2) is 11.6 Å². The third-order valence-electron chi connectivity index (χ3n) is 3.90. The summed E-state index contributed by atoms with van der Waals surface area (Å²) in [5.74, 6) is -1.39. The zero-order valence-corrected chi connectivity index (χ0v) is 13.4. The lowest BCUT2D eigenvalue weighted by Crippen LogP contribution is -2.44. The summed E-state index contributed by atoms with van der Waals surface area (Å²) in [6, 6.07) is 3.65. The van der Waals surface area contributed by atoms with E-state index in [1.807, 2.05) is 11.8 Å². The van der Waals surface area contributed by atoms with E-state index in [0.717, 1.165) is 19.0 Å². The lowest BCUT2D eigenvalue weighted by atomic mass is 10.1. The Bertz CT molecular complexity index is 542. The van der Waals surface area contributed by atoms with Crippen molar-refractivity contribution in [2.75, 3.05) is 38.3 Å². The number of carbonyl (C=O) groups is 1. The van der Waals surface area contributed by atoms with Crippen LogP contribution in [-0.4, -0.2) is 45.4 Å². The van der Waals surface area contributed by atoms with Gasteiger partial charge in [0.05, 0.1) is 12.6 Å². The second kappa shape index (κ2) is 8.10. The molecule has 2 rings (SSSR count). The first kappa shape index (κ1) is 17.5. The molecular weight excluding hydrogens is 304 g/mol. The Morgan fingerprint density at radius 2 is 2.22 bits per heavy atom. The molecule has 128 valence electrons. The zero-order chi connectivity index (χ0) is 16.8. The maximum absolute atomic E-state index is 13.3. The van der Waals surface area contributed by atoms with Crippen LogP contribution in [0.2, 0.25) is 0 Å². The number of nitrogens with one attached hydrogen (secondary N) is 2. The van der Waals surface area contributed by atoms with E-state index in [2.05, 4.69) is 10.6 Å². The number of nitrogens with zero attached hydrogens (tertiary/aromatic N) is 1. The third-order valence-corrected chi connectivity index (χ3v) is 3.90. The lowest BCUT2D eigenvalue weighted by Gasteiger charge is -2.19. The van der Waals surface area contributed by atoms with Crippen LogP contribution >= 0.6 is 0 Å². The molecule has 2 atom stereocenters. The predicted octanol–water partition coefficient (Wildman–Crippen LogP) is 2.13. The second-order valence-electron chi connectivity index (χ2n) is 5.91. The van der Waals surface area contributed by atoms with Gasteiger partial charge in [-0.25, -0.2) is 13.6 Å².